The van der Waals surface area contributed by atoms with E-state index in [1.165, 1.54) is 11.3 Å². The third kappa shape index (κ3) is 3.79. The predicted molar refractivity (Wildman–Crippen MR) is 106 cm³/mol. The van der Waals surface area contributed by atoms with E-state index in [0.29, 0.717) is 23.0 Å². The van der Waals surface area contributed by atoms with E-state index in [-0.39, 0.29) is 16.4 Å². The summed E-state index contributed by atoms with van der Waals surface area (Å²) in [6, 6.07) is 6.89. The summed E-state index contributed by atoms with van der Waals surface area (Å²) in [5, 5.41) is 5.10. The van der Waals surface area contributed by atoms with Crippen LogP contribution in [0.25, 0.3) is 0 Å². The van der Waals surface area contributed by atoms with Crippen LogP contribution >= 0.6 is 23.6 Å². The molecule has 0 bridgehead atoms. The highest BCUT2D eigenvalue weighted by molar-refractivity contribution is 7.94. The minimum atomic E-state index is -3.66. The Kier molecular flexibility index (Phi) is 4.54. The molecule has 1 unspecified atom stereocenters. The molecule has 1 aromatic carbocycles. The number of ether oxygens (including phenoxy) is 2. The van der Waals surface area contributed by atoms with E-state index in [1.54, 1.807) is 29.6 Å². The first-order chi connectivity index (χ1) is 12.4. The molecule has 1 saturated carbocycles. The molecule has 1 aliphatic heterocycles. The van der Waals surface area contributed by atoms with Gasteiger partial charge in [0.1, 0.15) is 16.1 Å². The van der Waals surface area contributed by atoms with Gasteiger partial charge in [-0.05, 0) is 55.1 Å². The van der Waals surface area contributed by atoms with Crippen molar-refractivity contribution < 1.29 is 17.9 Å². The highest BCUT2D eigenvalue weighted by Gasteiger charge is 2.28. The Labute approximate surface area is 161 Å². The summed E-state index contributed by atoms with van der Waals surface area (Å²) in [5.74, 6) is 0.497. The van der Waals surface area contributed by atoms with Gasteiger partial charge in [-0.3, -0.25) is 4.72 Å². The number of fused-ring (bicyclic) bond motifs is 1. The largest absolute Gasteiger partial charge is 0.488 e. The Morgan fingerprint density at radius 1 is 1.38 bits per heavy atom. The zero-order valence-electron chi connectivity index (χ0n) is 14.0. The first-order valence-electron chi connectivity index (χ1n) is 8.28. The summed E-state index contributed by atoms with van der Waals surface area (Å²) < 4.78 is 39.8. The second kappa shape index (κ2) is 6.71. The van der Waals surface area contributed by atoms with E-state index in [4.69, 9.17) is 21.7 Å². The number of nitrogens with one attached hydrogen (secondary N) is 2. The van der Waals surface area contributed by atoms with Crippen LogP contribution in [0, 0.1) is 0 Å². The number of thiophene rings is 1. The Balaban J connectivity index is 1.73. The molecule has 0 spiro atoms. The Morgan fingerprint density at radius 2 is 2.19 bits per heavy atom. The lowest BCUT2D eigenvalue weighted by Gasteiger charge is -2.17. The maximum Gasteiger partial charge on any atom is 0.271 e. The quantitative estimate of drug-likeness (QED) is 0.731. The van der Waals surface area contributed by atoms with Crippen LogP contribution in [0.15, 0.2) is 33.9 Å². The molecular weight excluding hydrogens is 392 g/mol. The van der Waals surface area contributed by atoms with Crippen molar-refractivity contribution in [2.24, 2.45) is 0 Å². The number of hydrogen-bond acceptors (Lipinski definition) is 6. The van der Waals surface area contributed by atoms with Crippen LogP contribution < -0.4 is 14.8 Å². The molecule has 26 heavy (non-hydrogen) atoms. The zero-order valence-corrected chi connectivity index (χ0v) is 16.5. The van der Waals surface area contributed by atoms with Crippen LogP contribution in [-0.2, 0) is 21.2 Å². The van der Waals surface area contributed by atoms with Crippen LogP contribution in [0.5, 0.6) is 5.75 Å². The molecule has 1 aliphatic carbocycles. The SMILES string of the molecule is CC1Cc2cc(NS(=O)(=O)c3cccs3)c(OC3CC3)cc2NC(=S)O1. The molecule has 1 atom stereocenters. The van der Waals surface area contributed by atoms with Crippen molar-refractivity contribution in [2.45, 2.75) is 42.6 Å². The van der Waals surface area contributed by atoms with Gasteiger partial charge in [-0.2, -0.15) is 0 Å². The lowest BCUT2D eigenvalue weighted by Crippen LogP contribution is -2.16. The van der Waals surface area contributed by atoms with Gasteiger partial charge in [0.2, 0.25) is 0 Å². The molecule has 4 rings (SSSR count). The molecule has 0 amide bonds. The molecule has 2 heterocycles. The van der Waals surface area contributed by atoms with Crippen LogP contribution in [0.1, 0.15) is 25.3 Å². The van der Waals surface area contributed by atoms with Gasteiger partial charge in [-0.1, -0.05) is 6.07 Å². The molecular formula is C17H18N2O4S3. The summed E-state index contributed by atoms with van der Waals surface area (Å²) in [5.41, 5.74) is 2.14. The van der Waals surface area contributed by atoms with Crippen molar-refractivity contribution in [3.05, 3.63) is 35.2 Å². The standard InChI is InChI=1S/C17H18N2O4S3/c1-10-7-11-8-14(19-26(20,21)16-3-2-6-25-16)15(23-12-4-5-12)9-13(11)18-17(24)22-10/h2-3,6,8-10,12,19H,4-5,7H2,1H3,(H,18,24). The average molecular weight is 411 g/mol. The number of thiocarbonyl (C=S) groups is 1. The van der Waals surface area contributed by atoms with Crippen LogP contribution in [0.2, 0.25) is 0 Å². The van der Waals surface area contributed by atoms with Crippen LogP contribution in [0.3, 0.4) is 0 Å². The predicted octanol–water partition coefficient (Wildman–Crippen LogP) is 3.75. The third-order valence-corrected chi connectivity index (χ3v) is 7.04. The van der Waals surface area contributed by atoms with Gasteiger partial charge in [0.05, 0.1) is 11.8 Å². The van der Waals surface area contributed by atoms with Gasteiger partial charge in [0.15, 0.2) is 0 Å². The van der Waals surface area contributed by atoms with E-state index in [1.807, 2.05) is 6.92 Å². The average Bonchev–Trinajstić information content (AvgIpc) is 3.21. The minimum Gasteiger partial charge on any atom is -0.488 e. The van der Waals surface area contributed by atoms with Crippen molar-refractivity contribution in [3.8, 4) is 5.75 Å². The van der Waals surface area contributed by atoms with Gasteiger partial charge >= 0.3 is 0 Å². The lowest BCUT2D eigenvalue weighted by molar-refractivity contribution is 0.217. The first-order valence-corrected chi connectivity index (χ1v) is 11.1. The molecule has 0 radical (unpaired) electrons. The number of sulfonamides is 1. The summed E-state index contributed by atoms with van der Waals surface area (Å²) in [7, 11) is -3.66. The van der Waals surface area contributed by atoms with Crippen molar-refractivity contribution in [1.29, 1.82) is 0 Å². The van der Waals surface area contributed by atoms with Gasteiger partial charge < -0.3 is 14.8 Å². The molecule has 2 N–H and O–H groups in total. The van der Waals surface area contributed by atoms with Crippen LogP contribution in [0.4, 0.5) is 11.4 Å². The highest BCUT2D eigenvalue weighted by Crippen LogP contribution is 2.38. The fourth-order valence-electron chi connectivity index (χ4n) is 2.74. The summed E-state index contributed by atoms with van der Waals surface area (Å²) in [6.45, 7) is 1.92. The topological polar surface area (TPSA) is 76.7 Å². The minimum absolute atomic E-state index is 0.104. The molecule has 9 heteroatoms. The van der Waals surface area contributed by atoms with Crippen molar-refractivity contribution in [1.82, 2.24) is 0 Å². The normalized spacial score (nSPS) is 19.7. The molecule has 2 aromatic rings. The monoisotopic (exact) mass is 410 g/mol. The molecule has 0 saturated heterocycles. The van der Waals surface area contributed by atoms with Gasteiger partial charge in [0, 0.05) is 18.2 Å². The zero-order chi connectivity index (χ0) is 18.3. The van der Waals surface area contributed by atoms with E-state index in [9.17, 15) is 8.42 Å². The number of benzene rings is 1. The Morgan fingerprint density at radius 3 is 2.88 bits per heavy atom. The van der Waals surface area contributed by atoms with Gasteiger partial charge in [-0.15, -0.1) is 11.3 Å². The fourth-order valence-corrected chi connectivity index (χ4v) is 5.07. The first kappa shape index (κ1) is 17.6. The van der Waals surface area contributed by atoms with E-state index in [0.717, 1.165) is 24.1 Å². The lowest BCUT2D eigenvalue weighted by atomic mass is 10.1. The summed E-state index contributed by atoms with van der Waals surface area (Å²) in [6.07, 6.45) is 2.58. The van der Waals surface area contributed by atoms with Crippen molar-refractivity contribution in [3.63, 3.8) is 0 Å². The smallest absolute Gasteiger partial charge is 0.271 e. The second-order valence-electron chi connectivity index (χ2n) is 6.41. The highest BCUT2D eigenvalue weighted by atomic mass is 32.2. The maximum absolute atomic E-state index is 12.7. The molecule has 1 fully saturated rings. The van der Waals surface area contributed by atoms with E-state index >= 15 is 0 Å². The van der Waals surface area contributed by atoms with Gasteiger partial charge in [-0.25, -0.2) is 8.42 Å². The van der Waals surface area contributed by atoms with Crippen molar-refractivity contribution in [2.75, 3.05) is 10.0 Å². The molecule has 138 valence electrons. The Hall–Kier alpha value is -1.84. The molecule has 1 aromatic heterocycles. The molecule has 2 aliphatic rings. The second-order valence-corrected chi connectivity index (χ2v) is 9.63. The Bertz CT molecular complexity index is 937. The summed E-state index contributed by atoms with van der Waals surface area (Å²) >= 11 is 6.35. The molecule has 6 nitrogen and oxygen atoms in total. The fraction of sp³-hybridized carbons (Fsp3) is 0.353. The number of anilines is 2. The van der Waals surface area contributed by atoms with E-state index in [2.05, 4.69) is 10.0 Å². The van der Waals surface area contributed by atoms with Gasteiger partial charge in [0.25, 0.3) is 15.2 Å². The van der Waals surface area contributed by atoms with E-state index < -0.39 is 10.0 Å². The summed E-state index contributed by atoms with van der Waals surface area (Å²) in [4.78, 5) is 0. The maximum atomic E-state index is 12.7. The third-order valence-electron chi connectivity index (χ3n) is 4.08. The van der Waals surface area contributed by atoms with Crippen LogP contribution in [-0.4, -0.2) is 25.8 Å². The van der Waals surface area contributed by atoms with Crippen molar-refractivity contribution >= 4 is 50.1 Å². The number of rotatable bonds is 5. The number of hydrogen-bond donors (Lipinski definition) is 2.